The summed E-state index contributed by atoms with van der Waals surface area (Å²) in [6.07, 6.45) is 0.532. The highest BCUT2D eigenvalue weighted by atomic mass is 28.4. The summed E-state index contributed by atoms with van der Waals surface area (Å²) in [6, 6.07) is 0. The first-order valence-corrected chi connectivity index (χ1v) is 12.9. The number of nitrogens with zero attached hydrogens (tertiary/aromatic N) is 1. The summed E-state index contributed by atoms with van der Waals surface area (Å²) < 4.78 is 17.3. The minimum Gasteiger partial charge on any atom is -0.466 e. The number of piperidine rings is 1. The van der Waals surface area contributed by atoms with Gasteiger partial charge in [0.1, 0.15) is 5.60 Å². The van der Waals surface area contributed by atoms with Crippen molar-refractivity contribution < 1.29 is 23.5 Å². The van der Waals surface area contributed by atoms with E-state index in [1.54, 1.807) is 4.90 Å². The summed E-state index contributed by atoms with van der Waals surface area (Å²) in [6.45, 7) is 19.8. The number of carbonyl (C=O) groups is 2. The van der Waals surface area contributed by atoms with Crippen LogP contribution in [-0.2, 0) is 18.7 Å². The summed E-state index contributed by atoms with van der Waals surface area (Å²) in [4.78, 5) is 26.3. The summed E-state index contributed by atoms with van der Waals surface area (Å²) >= 11 is 0. The molecular formula is C20H39NO5Si. The maximum absolute atomic E-state index is 12.5. The number of hydrogen-bond donors (Lipinski definition) is 0. The van der Waals surface area contributed by atoms with E-state index in [0.29, 0.717) is 32.5 Å². The van der Waals surface area contributed by atoms with Gasteiger partial charge >= 0.3 is 12.1 Å². The van der Waals surface area contributed by atoms with E-state index in [2.05, 4.69) is 33.9 Å². The average Bonchev–Trinajstić information content (AvgIpc) is 2.46. The molecule has 0 aromatic heterocycles. The van der Waals surface area contributed by atoms with Crippen molar-refractivity contribution in [2.75, 3.05) is 19.7 Å². The lowest BCUT2D eigenvalue weighted by atomic mass is 9.91. The Labute approximate surface area is 166 Å². The third-order valence-corrected chi connectivity index (χ3v) is 9.84. The second-order valence-electron chi connectivity index (χ2n) is 9.90. The topological polar surface area (TPSA) is 65.1 Å². The van der Waals surface area contributed by atoms with E-state index in [9.17, 15) is 9.59 Å². The third kappa shape index (κ3) is 7.45. The number of ether oxygens (including phenoxy) is 2. The molecule has 0 radical (unpaired) electrons. The number of hydrogen-bond acceptors (Lipinski definition) is 5. The highest BCUT2D eigenvalue weighted by Crippen LogP contribution is 2.39. The molecule has 1 saturated heterocycles. The molecule has 1 amide bonds. The lowest BCUT2D eigenvalue weighted by Gasteiger charge is -2.45. The highest BCUT2D eigenvalue weighted by Gasteiger charge is 2.43. The minimum absolute atomic E-state index is 0.0513. The molecule has 0 aliphatic carbocycles. The van der Waals surface area contributed by atoms with Gasteiger partial charge in [-0.25, -0.2) is 4.79 Å². The van der Waals surface area contributed by atoms with Crippen molar-refractivity contribution in [2.24, 2.45) is 5.92 Å². The van der Waals surface area contributed by atoms with Gasteiger partial charge in [-0.2, -0.15) is 0 Å². The zero-order valence-electron chi connectivity index (χ0n) is 18.7. The van der Waals surface area contributed by atoms with E-state index < -0.39 is 13.9 Å². The zero-order valence-corrected chi connectivity index (χ0v) is 19.7. The molecule has 0 aromatic rings. The van der Waals surface area contributed by atoms with Gasteiger partial charge in [-0.3, -0.25) is 4.79 Å². The summed E-state index contributed by atoms with van der Waals surface area (Å²) in [5, 5.41) is 0.0513. The standard InChI is InChI=1S/C20H39NO5Si/c1-10-24-17(22)13-15-11-12-21(18(23)25-19(2,3)4)14-16(15)26-27(8,9)20(5,6)7/h15-16H,10-14H2,1-9H3. The normalized spacial score (nSPS) is 21.7. The molecule has 1 fully saturated rings. The fourth-order valence-corrected chi connectivity index (χ4v) is 4.19. The van der Waals surface area contributed by atoms with Crippen LogP contribution in [0.4, 0.5) is 4.79 Å². The van der Waals surface area contributed by atoms with Crippen LogP contribution in [0.3, 0.4) is 0 Å². The van der Waals surface area contributed by atoms with E-state index >= 15 is 0 Å². The van der Waals surface area contributed by atoms with Crippen LogP contribution in [0.15, 0.2) is 0 Å². The van der Waals surface area contributed by atoms with Crippen LogP contribution in [-0.4, -0.2) is 56.7 Å². The van der Waals surface area contributed by atoms with Crippen molar-refractivity contribution in [3.8, 4) is 0 Å². The zero-order chi connectivity index (χ0) is 21.0. The number of rotatable bonds is 5. The van der Waals surface area contributed by atoms with Crippen LogP contribution >= 0.6 is 0 Å². The third-order valence-electron chi connectivity index (χ3n) is 5.33. The van der Waals surface area contributed by atoms with E-state index in [-0.39, 0.29) is 29.1 Å². The van der Waals surface area contributed by atoms with Gasteiger partial charge in [-0.1, -0.05) is 20.8 Å². The van der Waals surface area contributed by atoms with E-state index in [1.807, 2.05) is 27.7 Å². The number of amides is 1. The molecule has 27 heavy (non-hydrogen) atoms. The van der Waals surface area contributed by atoms with Crippen molar-refractivity contribution in [1.82, 2.24) is 4.90 Å². The van der Waals surface area contributed by atoms with Gasteiger partial charge in [0.05, 0.1) is 19.1 Å². The maximum Gasteiger partial charge on any atom is 0.410 e. The van der Waals surface area contributed by atoms with Gasteiger partial charge in [-0.05, 0) is 58.2 Å². The molecule has 2 unspecified atom stereocenters. The largest absolute Gasteiger partial charge is 0.466 e. The van der Waals surface area contributed by atoms with Gasteiger partial charge in [0.2, 0.25) is 0 Å². The Balaban J connectivity index is 2.94. The molecule has 1 aliphatic heterocycles. The van der Waals surface area contributed by atoms with Gasteiger partial charge in [-0.15, -0.1) is 0 Å². The number of carbonyl (C=O) groups excluding carboxylic acids is 2. The number of likely N-dealkylation sites (tertiary alicyclic amines) is 1. The first kappa shape index (κ1) is 24.0. The Kier molecular flexibility index (Phi) is 7.94. The van der Waals surface area contributed by atoms with Crippen molar-refractivity contribution in [1.29, 1.82) is 0 Å². The highest BCUT2D eigenvalue weighted by molar-refractivity contribution is 6.74. The minimum atomic E-state index is -2.05. The Morgan fingerprint density at radius 3 is 2.19 bits per heavy atom. The Morgan fingerprint density at radius 1 is 1.11 bits per heavy atom. The molecular weight excluding hydrogens is 362 g/mol. The second kappa shape index (κ2) is 8.95. The fourth-order valence-electron chi connectivity index (χ4n) is 2.81. The molecule has 1 aliphatic rings. The second-order valence-corrected chi connectivity index (χ2v) is 14.7. The lowest BCUT2D eigenvalue weighted by molar-refractivity contribution is -0.145. The number of esters is 1. The van der Waals surface area contributed by atoms with Gasteiger partial charge in [0.15, 0.2) is 8.32 Å². The monoisotopic (exact) mass is 401 g/mol. The molecule has 0 saturated carbocycles. The first-order valence-electron chi connectivity index (χ1n) is 9.97. The van der Waals surface area contributed by atoms with Crippen molar-refractivity contribution in [3.63, 3.8) is 0 Å². The molecule has 0 N–H and O–H groups in total. The molecule has 0 spiro atoms. The van der Waals surface area contributed by atoms with Crippen molar-refractivity contribution in [2.45, 2.75) is 91.1 Å². The Bertz CT molecular complexity index is 521. The van der Waals surface area contributed by atoms with Gasteiger partial charge in [0, 0.05) is 13.1 Å². The Hall–Kier alpha value is -1.08. The van der Waals surface area contributed by atoms with Crippen molar-refractivity contribution >= 4 is 20.4 Å². The SMILES string of the molecule is CCOC(=O)CC1CCN(C(=O)OC(C)(C)C)CC1O[Si](C)(C)C(C)(C)C. The summed E-state index contributed by atoms with van der Waals surface area (Å²) in [7, 11) is -2.05. The van der Waals surface area contributed by atoms with Gasteiger partial charge < -0.3 is 18.8 Å². The first-order chi connectivity index (χ1) is 12.2. The quantitative estimate of drug-likeness (QED) is 0.498. The van der Waals surface area contributed by atoms with Gasteiger partial charge in [0.25, 0.3) is 0 Å². The average molecular weight is 402 g/mol. The maximum atomic E-state index is 12.5. The van der Waals surface area contributed by atoms with Crippen LogP contribution in [0.1, 0.15) is 61.3 Å². The van der Waals surface area contributed by atoms with Crippen LogP contribution in [0.2, 0.25) is 18.1 Å². The molecule has 6 nitrogen and oxygen atoms in total. The summed E-state index contributed by atoms with van der Waals surface area (Å²) in [5.41, 5.74) is -0.533. The fraction of sp³-hybridized carbons (Fsp3) is 0.900. The van der Waals surface area contributed by atoms with Crippen LogP contribution in [0.5, 0.6) is 0 Å². The van der Waals surface area contributed by atoms with Crippen LogP contribution < -0.4 is 0 Å². The summed E-state index contributed by atoms with van der Waals surface area (Å²) in [5.74, 6) is -0.145. The smallest absolute Gasteiger partial charge is 0.410 e. The predicted octanol–water partition coefficient (Wildman–Crippen LogP) is 4.59. The molecule has 0 bridgehead atoms. The van der Waals surface area contributed by atoms with E-state index in [4.69, 9.17) is 13.9 Å². The molecule has 0 aromatic carbocycles. The van der Waals surface area contributed by atoms with E-state index in [0.717, 1.165) is 0 Å². The lowest BCUT2D eigenvalue weighted by Crippen LogP contribution is -2.54. The molecule has 2 atom stereocenters. The van der Waals surface area contributed by atoms with E-state index in [1.165, 1.54) is 0 Å². The predicted molar refractivity (Wildman–Crippen MR) is 109 cm³/mol. The molecule has 1 rings (SSSR count). The molecule has 158 valence electrons. The molecule has 7 heteroatoms. The van der Waals surface area contributed by atoms with Crippen molar-refractivity contribution in [3.05, 3.63) is 0 Å². The van der Waals surface area contributed by atoms with Crippen LogP contribution in [0.25, 0.3) is 0 Å². The molecule has 1 heterocycles. The Morgan fingerprint density at radius 2 is 1.70 bits per heavy atom. The van der Waals surface area contributed by atoms with Crippen LogP contribution in [0, 0.1) is 5.92 Å².